The molecule has 0 aliphatic heterocycles. The quantitative estimate of drug-likeness (QED) is 0.223. The van der Waals surface area contributed by atoms with Gasteiger partial charge in [0, 0.05) is 33.8 Å². The number of nitrogens with zero attached hydrogens (tertiary/aromatic N) is 2. The van der Waals surface area contributed by atoms with Gasteiger partial charge in [-0.3, -0.25) is 0 Å². The van der Waals surface area contributed by atoms with Crippen LogP contribution in [-0.2, 0) is 0 Å². The number of aromatic nitrogens is 1. The van der Waals surface area contributed by atoms with Gasteiger partial charge in [-0.25, -0.2) is 4.98 Å². The van der Waals surface area contributed by atoms with E-state index in [1.54, 1.807) is 0 Å². The minimum atomic E-state index is 0.604. The predicted octanol–water partition coefficient (Wildman–Crippen LogP) is 10.5. The third kappa shape index (κ3) is 4.05. The van der Waals surface area contributed by atoms with Crippen LogP contribution in [0.1, 0.15) is 0 Å². The third-order valence-electron chi connectivity index (χ3n) is 7.49. The highest BCUT2D eigenvalue weighted by Crippen LogP contribution is 2.43. The maximum absolute atomic E-state index is 6.60. The lowest BCUT2D eigenvalue weighted by Gasteiger charge is -2.25. The second-order valence-electron chi connectivity index (χ2n) is 10.0. The fourth-order valence-corrected chi connectivity index (χ4v) is 5.52. The van der Waals surface area contributed by atoms with E-state index in [2.05, 4.69) is 95.9 Å². The van der Waals surface area contributed by atoms with Crippen LogP contribution in [0.4, 0.5) is 17.1 Å². The summed E-state index contributed by atoms with van der Waals surface area (Å²) in [7, 11) is 0. The Labute approximate surface area is 236 Å². The Morgan fingerprint density at radius 1 is 0.463 bits per heavy atom. The Balaban J connectivity index is 1.28. The number of hydrogen-bond acceptors (Lipinski definition) is 4. The molecule has 0 saturated heterocycles. The molecule has 0 amide bonds. The van der Waals surface area contributed by atoms with E-state index >= 15 is 0 Å². The van der Waals surface area contributed by atoms with Crippen molar-refractivity contribution in [1.29, 1.82) is 0 Å². The summed E-state index contributed by atoms with van der Waals surface area (Å²) < 4.78 is 12.8. The highest BCUT2D eigenvalue weighted by Gasteiger charge is 2.20. The molecule has 0 aliphatic rings. The Hall–Kier alpha value is -5.61. The zero-order valence-corrected chi connectivity index (χ0v) is 22.1. The number of anilines is 3. The lowest BCUT2D eigenvalue weighted by Crippen LogP contribution is -2.10. The number of benzene rings is 6. The van der Waals surface area contributed by atoms with E-state index in [0.29, 0.717) is 5.89 Å². The van der Waals surface area contributed by atoms with Crippen molar-refractivity contribution in [2.75, 3.05) is 4.90 Å². The highest BCUT2D eigenvalue weighted by atomic mass is 16.4. The van der Waals surface area contributed by atoms with Crippen LogP contribution in [0.25, 0.3) is 55.6 Å². The lowest BCUT2D eigenvalue weighted by atomic mass is 10.0. The van der Waals surface area contributed by atoms with Gasteiger partial charge in [-0.05, 0) is 59.7 Å². The van der Waals surface area contributed by atoms with Crippen LogP contribution < -0.4 is 4.90 Å². The average molecular weight is 529 g/mol. The Bertz CT molecular complexity index is 2130. The van der Waals surface area contributed by atoms with Crippen LogP contribution in [0.15, 0.2) is 154 Å². The largest absolute Gasteiger partial charge is 0.454 e. The van der Waals surface area contributed by atoms with Gasteiger partial charge in [-0.1, -0.05) is 91.0 Å². The number of rotatable bonds is 5. The molecule has 194 valence electrons. The molecule has 8 rings (SSSR count). The van der Waals surface area contributed by atoms with Crippen LogP contribution >= 0.6 is 0 Å². The fourth-order valence-electron chi connectivity index (χ4n) is 5.52. The molecule has 0 radical (unpaired) electrons. The van der Waals surface area contributed by atoms with E-state index in [1.165, 1.54) is 11.1 Å². The maximum Gasteiger partial charge on any atom is 0.227 e. The van der Waals surface area contributed by atoms with Gasteiger partial charge >= 0.3 is 0 Å². The molecule has 6 aromatic carbocycles. The molecule has 0 aliphatic carbocycles. The lowest BCUT2D eigenvalue weighted by molar-refractivity contribution is 0.620. The minimum absolute atomic E-state index is 0.604. The van der Waals surface area contributed by atoms with Gasteiger partial charge < -0.3 is 13.7 Å². The second-order valence-corrected chi connectivity index (χ2v) is 10.0. The molecule has 0 unspecified atom stereocenters. The summed E-state index contributed by atoms with van der Waals surface area (Å²) in [6.45, 7) is 0. The molecule has 2 heterocycles. The molecule has 8 aromatic rings. The monoisotopic (exact) mass is 528 g/mol. The molecule has 41 heavy (non-hydrogen) atoms. The first kappa shape index (κ1) is 23.3. The second kappa shape index (κ2) is 9.54. The SMILES string of the molecule is c1ccc(-c2ccc(N(c3ccccc3)c3cccc4c3oc3cc5nc(-c6ccccc6)oc5cc34)cc2)cc1. The minimum Gasteiger partial charge on any atom is -0.454 e. The van der Waals surface area contributed by atoms with Crippen LogP contribution in [0, 0.1) is 0 Å². The summed E-state index contributed by atoms with van der Waals surface area (Å²) in [4.78, 5) is 7.00. The van der Waals surface area contributed by atoms with Crippen LogP contribution in [0.2, 0.25) is 0 Å². The highest BCUT2D eigenvalue weighted by molar-refractivity contribution is 6.13. The van der Waals surface area contributed by atoms with Crippen LogP contribution in [-0.4, -0.2) is 4.98 Å². The number of hydrogen-bond donors (Lipinski definition) is 0. The van der Waals surface area contributed by atoms with Crippen molar-refractivity contribution in [3.8, 4) is 22.6 Å². The molecular formula is C37H24N2O2. The summed E-state index contributed by atoms with van der Waals surface area (Å²) in [5, 5.41) is 2.02. The van der Waals surface area contributed by atoms with Gasteiger partial charge in [0.15, 0.2) is 11.2 Å². The molecule has 0 N–H and O–H groups in total. The van der Waals surface area contributed by atoms with Gasteiger partial charge in [0.1, 0.15) is 11.1 Å². The molecule has 0 fully saturated rings. The van der Waals surface area contributed by atoms with E-state index in [0.717, 1.165) is 55.7 Å². The van der Waals surface area contributed by atoms with Crippen molar-refractivity contribution in [2.24, 2.45) is 0 Å². The van der Waals surface area contributed by atoms with Gasteiger partial charge in [-0.2, -0.15) is 0 Å². The fraction of sp³-hybridized carbons (Fsp3) is 0. The van der Waals surface area contributed by atoms with E-state index in [-0.39, 0.29) is 0 Å². The van der Waals surface area contributed by atoms with Crippen LogP contribution in [0.3, 0.4) is 0 Å². The van der Waals surface area contributed by atoms with Crippen LogP contribution in [0.5, 0.6) is 0 Å². The average Bonchev–Trinajstić information content (AvgIpc) is 3.63. The normalized spacial score (nSPS) is 11.4. The first-order valence-corrected chi connectivity index (χ1v) is 13.6. The summed E-state index contributed by atoms with van der Waals surface area (Å²) in [6.07, 6.45) is 0. The van der Waals surface area contributed by atoms with Gasteiger partial charge in [0.25, 0.3) is 0 Å². The van der Waals surface area contributed by atoms with E-state index in [1.807, 2.05) is 54.6 Å². The molecule has 0 saturated carbocycles. The van der Waals surface area contributed by atoms with Crippen molar-refractivity contribution in [2.45, 2.75) is 0 Å². The summed E-state index contributed by atoms with van der Waals surface area (Å²) >= 11 is 0. The van der Waals surface area contributed by atoms with Crippen molar-refractivity contribution < 1.29 is 8.83 Å². The number of fused-ring (bicyclic) bond motifs is 4. The van der Waals surface area contributed by atoms with Crippen molar-refractivity contribution in [3.05, 3.63) is 146 Å². The zero-order valence-electron chi connectivity index (χ0n) is 22.1. The Morgan fingerprint density at radius 2 is 1.10 bits per heavy atom. The zero-order chi connectivity index (χ0) is 27.2. The molecule has 4 nitrogen and oxygen atoms in total. The van der Waals surface area contributed by atoms with E-state index in [9.17, 15) is 0 Å². The summed E-state index contributed by atoms with van der Waals surface area (Å²) in [5.74, 6) is 0.604. The number of oxazole rings is 1. The Kier molecular flexibility index (Phi) is 5.42. The number of para-hydroxylation sites is 2. The third-order valence-corrected chi connectivity index (χ3v) is 7.49. The van der Waals surface area contributed by atoms with Crippen molar-refractivity contribution >= 4 is 50.1 Å². The first-order valence-electron chi connectivity index (χ1n) is 13.6. The Morgan fingerprint density at radius 3 is 1.83 bits per heavy atom. The topological polar surface area (TPSA) is 42.4 Å². The molecule has 4 heteroatoms. The first-order chi connectivity index (χ1) is 20.3. The van der Waals surface area contributed by atoms with Gasteiger partial charge in [-0.15, -0.1) is 0 Å². The summed E-state index contributed by atoms with van der Waals surface area (Å²) in [5.41, 5.74) is 9.48. The predicted molar refractivity (Wildman–Crippen MR) is 167 cm³/mol. The van der Waals surface area contributed by atoms with Gasteiger partial charge in [0.2, 0.25) is 5.89 Å². The molecule has 0 atom stereocenters. The maximum atomic E-state index is 6.60. The summed E-state index contributed by atoms with van der Waals surface area (Å²) in [6, 6.07) is 49.8. The van der Waals surface area contributed by atoms with E-state index in [4.69, 9.17) is 13.8 Å². The molecule has 2 aromatic heterocycles. The molecule has 0 bridgehead atoms. The van der Waals surface area contributed by atoms with Crippen molar-refractivity contribution in [3.63, 3.8) is 0 Å². The van der Waals surface area contributed by atoms with Crippen molar-refractivity contribution in [1.82, 2.24) is 4.98 Å². The smallest absolute Gasteiger partial charge is 0.227 e. The molecule has 0 spiro atoms. The molecular weight excluding hydrogens is 504 g/mol. The van der Waals surface area contributed by atoms with Gasteiger partial charge in [0.05, 0.1) is 5.69 Å². The van der Waals surface area contributed by atoms with E-state index < -0.39 is 0 Å². The standard InChI is InChI=1S/C37H24N2O2/c1-4-11-25(12-5-1)26-19-21-29(22-20-26)39(28-15-8-3-9-16-28)33-18-10-17-30-31-23-35-32(24-34(31)40-36(30)33)38-37(41-35)27-13-6-2-7-14-27/h1-24H. The number of furan rings is 1.